The molecule has 2 aliphatic carbocycles. The van der Waals surface area contributed by atoms with E-state index in [9.17, 15) is 5.11 Å². The van der Waals surface area contributed by atoms with Crippen molar-refractivity contribution in [3.63, 3.8) is 0 Å². The molecular formula is C28H42O4Si. The Morgan fingerprint density at radius 2 is 1.82 bits per heavy atom. The Labute approximate surface area is 201 Å². The van der Waals surface area contributed by atoms with Crippen LogP contribution in [0, 0.1) is 35.5 Å². The molecule has 4 nitrogen and oxygen atoms in total. The van der Waals surface area contributed by atoms with Crippen LogP contribution in [0.2, 0.25) is 18.1 Å². The molecule has 0 bridgehead atoms. The van der Waals surface area contributed by atoms with Crippen LogP contribution in [-0.2, 0) is 20.3 Å². The molecule has 3 aliphatic rings. The smallest absolute Gasteiger partial charge is 0.193 e. The molecule has 1 aromatic carbocycles. The lowest BCUT2D eigenvalue weighted by molar-refractivity contribution is -0.334. The summed E-state index contributed by atoms with van der Waals surface area (Å²) in [7, 11) is -1.97. The maximum Gasteiger partial charge on any atom is 0.193 e. The zero-order valence-electron chi connectivity index (χ0n) is 21.3. The van der Waals surface area contributed by atoms with E-state index in [4.69, 9.17) is 13.9 Å². The van der Waals surface area contributed by atoms with Crippen molar-refractivity contribution in [2.75, 3.05) is 13.2 Å². The Bertz CT molecular complexity index is 859. The summed E-state index contributed by atoms with van der Waals surface area (Å²) in [5.41, 5.74) is 1.31. The molecule has 1 N–H and O–H groups in total. The van der Waals surface area contributed by atoms with E-state index in [1.165, 1.54) is 5.56 Å². The first-order valence-electron chi connectivity index (χ1n) is 12.7. The van der Waals surface area contributed by atoms with Crippen molar-refractivity contribution in [1.82, 2.24) is 0 Å². The number of aliphatic hydroxyl groups is 1. The lowest BCUT2D eigenvalue weighted by atomic mass is 9.50. The summed E-state index contributed by atoms with van der Waals surface area (Å²) in [5, 5.41) is 11.0. The third-order valence-electron chi connectivity index (χ3n) is 8.73. The van der Waals surface area contributed by atoms with Crippen LogP contribution in [0.1, 0.15) is 52.5 Å². The van der Waals surface area contributed by atoms with Crippen LogP contribution in [0.5, 0.6) is 0 Å². The first-order chi connectivity index (χ1) is 15.6. The molecule has 33 heavy (non-hydrogen) atoms. The Hall–Kier alpha value is -1.16. The molecule has 1 aromatic rings. The van der Waals surface area contributed by atoms with Gasteiger partial charge in [-0.2, -0.15) is 0 Å². The summed E-state index contributed by atoms with van der Waals surface area (Å²) in [4.78, 5) is 0. The average Bonchev–Trinajstić information content (AvgIpc) is 3.28. The van der Waals surface area contributed by atoms with Crippen LogP contribution < -0.4 is 0 Å². The topological polar surface area (TPSA) is 47.9 Å². The lowest BCUT2D eigenvalue weighted by Gasteiger charge is -2.61. The van der Waals surface area contributed by atoms with Crippen LogP contribution >= 0.6 is 0 Å². The second kappa shape index (κ2) is 9.47. The van der Waals surface area contributed by atoms with Crippen LogP contribution in [0.25, 0.3) is 0 Å². The molecule has 1 aliphatic heterocycles. The maximum atomic E-state index is 10.9. The number of rotatable bonds is 5. The van der Waals surface area contributed by atoms with E-state index in [0.717, 1.165) is 25.7 Å². The van der Waals surface area contributed by atoms with Gasteiger partial charge in [0.25, 0.3) is 0 Å². The largest absolute Gasteiger partial charge is 0.403 e. The summed E-state index contributed by atoms with van der Waals surface area (Å²) < 4.78 is 19.0. The van der Waals surface area contributed by atoms with Gasteiger partial charge < -0.3 is 19.0 Å². The highest BCUT2D eigenvalue weighted by molar-refractivity contribution is 6.74. The minimum atomic E-state index is -1.97. The van der Waals surface area contributed by atoms with E-state index < -0.39 is 14.1 Å². The second-order valence-electron chi connectivity index (χ2n) is 11.7. The van der Waals surface area contributed by atoms with Gasteiger partial charge in [-0.1, -0.05) is 69.9 Å². The van der Waals surface area contributed by atoms with Crippen molar-refractivity contribution in [2.45, 2.75) is 89.5 Å². The van der Waals surface area contributed by atoms with E-state index in [1.54, 1.807) is 0 Å². The number of hydrogen-bond acceptors (Lipinski definition) is 4. The molecule has 6 atom stereocenters. The van der Waals surface area contributed by atoms with Crippen molar-refractivity contribution in [3.8, 4) is 11.8 Å². The van der Waals surface area contributed by atoms with Gasteiger partial charge in [-0.25, -0.2) is 0 Å². The van der Waals surface area contributed by atoms with Gasteiger partial charge in [0.2, 0.25) is 0 Å². The monoisotopic (exact) mass is 470 g/mol. The first-order valence-corrected chi connectivity index (χ1v) is 15.6. The third-order valence-corrected chi connectivity index (χ3v) is 13.2. The van der Waals surface area contributed by atoms with Gasteiger partial charge in [0.1, 0.15) is 6.10 Å². The molecule has 4 rings (SSSR count). The summed E-state index contributed by atoms with van der Waals surface area (Å²) in [6, 6.07) is 10.6. The van der Waals surface area contributed by atoms with Gasteiger partial charge in [0.15, 0.2) is 14.1 Å². The minimum absolute atomic E-state index is 0.0422. The minimum Gasteiger partial charge on any atom is -0.403 e. The molecule has 2 saturated carbocycles. The summed E-state index contributed by atoms with van der Waals surface area (Å²) >= 11 is 0. The third kappa shape index (κ3) is 4.83. The van der Waals surface area contributed by atoms with Gasteiger partial charge in [-0.3, -0.25) is 0 Å². The zero-order chi connectivity index (χ0) is 23.9. The standard InChI is InChI=1S/C28H42O4Si/c1-20-26-23(25(29)17-16-24(26)28(20)30-18-19-31-28)15-14-22(32-33(5,6)27(2,3)4)13-12-21-10-8-7-9-11-21/h7-11,20,22-26,29H,12-13,16-19H2,1-6H3/t20?,22-,23-,24-,25+,26+/m1/s1. The molecule has 1 heterocycles. The van der Waals surface area contributed by atoms with Gasteiger partial charge in [-0.15, -0.1) is 0 Å². The van der Waals surface area contributed by atoms with Gasteiger partial charge in [0.05, 0.1) is 25.2 Å². The molecule has 1 saturated heterocycles. The fraction of sp³-hybridized carbons (Fsp3) is 0.714. The van der Waals surface area contributed by atoms with Crippen molar-refractivity contribution >= 4 is 8.32 Å². The normalized spacial score (nSPS) is 31.9. The number of aliphatic hydroxyl groups excluding tert-OH is 1. The SMILES string of the molecule is CC1[C@H]2[C@H](C#C[C@@H](CCc3ccccc3)O[Si](C)(C)C(C)(C)C)[C@@H](O)CC[C@H]2C12OCCO2. The van der Waals surface area contributed by atoms with Crippen LogP contribution in [-0.4, -0.2) is 44.6 Å². The Balaban J connectivity index is 1.53. The number of aryl methyl sites for hydroxylation is 1. The summed E-state index contributed by atoms with van der Waals surface area (Å²) in [5.74, 6) is 7.49. The van der Waals surface area contributed by atoms with E-state index in [2.05, 4.69) is 83.0 Å². The molecule has 5 heteroatoms. The summed E-state index contributed by atoms with van der Waals surface area (Å²) in [6.45, 7) is 15.0. The van der Waals surface area contributed by atoms with Crippen molar-refractivity contribution in [1.29, 1.82) is 0 Å². The molecule has 0 aromatic heterocycles. The lowest BCUT2D eigenvalue weighted by Crippen LogP contribution is -2.67. The maximum absolute atomic E-state index is 10.9. The van der Waals surface area contributed by atoms with Crippen molar-refractivity contribution in [3.05, 3.63) is 35.9 Å². The molecule has 0 amide bonds. The molecule has 3 fully saturated rings. The summed E-state index contributed by atoms with van der Waals surface area (Å²) in [6.07, 6.45) is 3.01. The highest BCUT2D eigenvalue weighted by atomic mass is 28.4. The molecule has 1 unspecified atom stereocenters. The molecule has 182 valence electrons. The van der Waals surface area contributed by atoms with Gasteiger partial charge in [-0.05, 0) is 55.3 Å². The first kappa shape index (κ1) is 24.9. The van der Waals surface area contributed by atoms with E-state index in [1.807, 2.05) is 0 Å². The number of benzene rings is 1. The predicted octanol–water partition coefficient (Wildman–Crippen LogP) is 5.41. The number of fused-ring (bicyclic) bond motifs is 2. The molecular weight excluding hydrogens is 428 g/mol. The van der Waals surface area contributed by atoms with Crippen molar-refractivity contribution in [2.24, 2.45) is 23.7 Å². The number of ether oxygens (including phenoxy) is 2. The Morgan fingerprint density at radius 3 is 2.45 bits per heavy atom. The van der Waals surface area contributed by atoms with E-state index >= 15 is 0 Å². The number of hydrogen-bond donors (Lipinski definition) is 1. The average molecular weight is 471 g/mol. The van der Waals surface area contributed by atoms with Gasteiger partial charge in [0, 0.05) is 11.8 Å². The molecule has 0 radical (unpaired) electrons. The Kier molecular flexibility index (Phi) is 7.16. The van der Waals surface area contributed by atoms with E-state index in [-0.39, 0.29) is 29.1 Å². The zero-order valence-corrected chi connectivity index (χ0v) is 22.3. The van der Waals surface area contributed by atoms with Crippen LogP contribution in [0.4, 0.5) is 0 Å². The fourth-order valence-electron chi connectivity index (χ4n) is 5.78. The predicted molar refractivity (Wildman–Crippen MR) is 134 cm³/mol. The van der Waals surface area contributed by atoms with E-state index in [0.29, 0.717) is 25.0 Å². The highest BCUT2D eigenvalue weighted by Crippen LogP contribution is 2.61. The molecule has 1 spiro atoms. The fourth-order valence-corrected chi connectivity index (χ4v) is 7.03. The van der Waals surface area contributed by atoms with Gasteiger partial charge >= 0.3 is 0 Å². The Morgan fingerprint density at radius 1 is 1.15 bits per heavy atom. The highest BCUT2D eigenvalue weighted by Gasteiger charge is 2.67. The second-order valence-corrected chi connectivity index (χ2v) is 16.5. The van der Waals surface area contributed by atoms with Crippen LogP contribution in [0.15, 0.2) is 30.3 Å². The van der Waals surface area contributed by atoms with Crippen molar-refractivity contribution < 1.29 is 19.0 Å². The quantitative estimate of drug-likeness (QED) is 0.462. The van der Waals surface area contributed by atoms with Crippen LogP contribution in [0.3, 0.4) is 0 Å².